The predicted octanol–water partition coefficient (Wildman–Crippen LogP) is 3.61. The zero-order valence-corrected chi connectivity index (χ0v) is 7.97. The van der Waals surface area contributed by atoms with Gasteiger partial charge in [0, 0.05) is 0 Å². The molecule has 3 aliphatic rings. The van der Waals surface area contributed by atoms with Gasteiger partial charge in [-0.2, -0.15) is 0 Å². The Bertz CT molecular complexity index is 167. The Kier molecular flexibility index (Phi) is 1.70. The summed E-state index contributed by atoms with van der Waals surface area (Å²) < 4.78 is 0. The third-order valence-corrected chi connectivity index (χ3v) is 4.65. The predicted molar refractivity (Wildman–Crippen MR) is 50.9 cm³/mol. The largest absolute Gasteiger partial charge is 0.0530 e. The van der Waals surface area contributed by atoms with Crippen molar-refractivity contribution in [3.8, 4) is 0 Å². The van der Waals surface area contributed by atoms with Gasteiger partial charge in [0.2, 0.25) is 0 Å². The van der Waals surface area contributed by atoms with Gasteiger partial charge in [-0.15, -0.1) is 0 Å². The van der Waals surface area contributed by atoms with Crippen molar-refractivity contribution < 1.29 is 0 Å². The molecule has 0 bridgehead atoms. The highest BCUT2D eigenvalue weighted by Gasteiger charge is 2.43. The van der Waals surface area contributed by atoms with Crippen LogP contribution in [0.3, 0.4) is 0 Å². The van der Waals surface area contributed by atoms with E-state index in [2.05, 4.69) is 0 Å². The molecule has 3 rings (SSSR count). The van der Waals surface area contributed by atoms with E-state index in [-0.39, 0.29) is 0 Å². The Labute approximate surface area is 75.7 Å². The molecule has 3 fully saturated rings. The fourth-order valence-corrected chi connectivity index (χ4v) is 3.74. The van der Waals surface area contributed by atoms with Gasteiger partial charge in [-0.25, -0.2) is 0 Å². The van der Waals surface area contributed by atoms with E-state index < -0.39 is 0 Å². The van der Waals surface area contributed by atoms with Gasteiger partial charge >= 0.3 is 0 Å². The minimum atomic E-state index is 1.16. The van der Waals surface area contributed by atoms with Crippen molar-refractivity contribution in [2.75, 3.05) is 0 Å². The highest BCUT2D eigenvalue weighted by Crippen LogP contribution is 2.54. The number of hydrogen-bond donors (Lipinski definition) is 0. The fourth-order valence-electron chi connectivity index (χ4n) is 3.74. The van der Waals surface area contributed by atoms with Crippen LogP contribution in [-0.2, 0) is 0 Å². The number of rotatable bonds is 1. The number of fused-ring (bicyclic) bond motifs is 1. The monoisotopic (exact) mass is 164 g/mol. The van der Waals surface area contributed by atoms with E-state index in [1.807, 2.05) is 0 Å². The summed E-state index contributed by atoms with van der Waals surface area (Å²) in [6.07, 6.45) is 12.6. The molecule has 0 aromatic carbocycles. The van der Waals surface area contributed by atoms with Crippen molar-refractivity contribution >= 4 is 0 Å². The van der Waals surface area contributed by atoms with E-state index in [4.69, 9.17) is 0 Å². The zero-order chi connectivity index (χ0) is 7.97. The molecule has 3 atom stereocenters. The van der Waals surface area contributed by atoms with Crippen LogP contribution in [0.2, 0.25) is 0 Å². The van der Waals surface area contributed by atoms with Crippen LogP contribution in [0.1, 0.15) is 51.4 Å². The summed E-state index contributed by atoms with van der Waals surface area (Å²) in [6, 6.07) is 0. The second-order valence-corrected chi connectivity index (χ2v) is 5.37. The molecule has 3 unspecified atom stereocenters. The molecule has 0 saturated heterocycles. The third kappa shape index (κ3) is 1.20. The SMILES string of the molecule is C1CCC(C2CCC3CC3C2)C1. The molecule has 0 aliphatic heterocycles. The topological polar surface area (TPSA) is 0 Å². The second kappa shape index (κ2) is 2.75. The maximum absolute atomic E-state index is 1.62. The first-order valence-electron chi connectivity index (χ1n) is 5.93. The first-order chi connectivity index (χ1) is 5.93. The lowest BCUT2D eigenvalue weighted by Crippen LogP contribution is -2.16. The van der Waals surface area contributed by atoms with Gasteiger partial charge in [-0.05, 0) is 49.4 Å². The molecule has 3 aliphatic carbocycles. The normalized spacial score (nSPS) is 47.5. The van der Waals surface area contributed by atoms with Crippen LogP contribution in [0.4, 0.5) is 0 Å². The van der Waals surface area contributed by atoms with Crippen LogP contribution in [0.25, 0.3) is 0 Å². The van der Waals surface area contributed by atoms with E-state index in [0.29, 0.717) is 0 Å². The summed E-state index contributed by atoms with van der Waals surface area (Å²) in [7, 11) is 0. The van der Waals surface area contributed by atoms with E-state index in [1.54, 1.807) is 38.5 Å². The lowest BCUT2D eigenvalue weighted by molar-refractivity contribution is 0.243. The maximum atomic E-state index is 1.62. The lowest BCUT2D eigenvalue weighted by Gasteiger charge is -2.26. The van der Waals surface area contributed by atoms with Crippen molar-refractivity contribution in [1.82, 2.24) is 0 Å². The Balaban J connectivity index is 1.60. The average Bonchev–Trinajstić information content (AvgIpc) is 2.66. The summed E-state index contributed by atoms with van der Waals surface area (Å²) in [5, 5.41) is 0. The van der Waals surface area contributed by atoms with Crippen LogP contribution in [0, 0.1) is 23.7 Å². The third-order valence-electron chi connectivity index (χ3n) is 4.65. The average molecular weight is 164 g/mol. The molecule has 0 amide bonds. The smallest absolute Gasteiger partial charge is 0.0380 e. The van der Waals surface area contributed by atoms with Crippen LogP contribution in [-0.4, -0.2) is 0 Å². The highest BCUT2D eigenvalue weighted by molar-refractivity contribution is 4.94. The van der Waals surface area contributed by atoms with E-state index in [9.17, 15) is 0 Å². The molecular formula is C12H20. The first kappa shape index (κ1) is 7.41. The van der Waals surface area contributed by atoms with Gasteiger partial charge in [-0.1, -0.05) is 25.7 Å². The van der Waals surface area contributed by atoms with Gasteiger partial charge in [0.05, 0.1) is 0 Å². The van der Waals surface area contributed by atoms with Crippen LogP contribution in [0.5, 0.6) is 0 Å². The van der Waals surface area contributed by atoms with Crippen LogP contribution < -0.4 is 0 Å². The Hall–Kier alpha value is 0. The van der Waals surface area contributed by atoms with Crippen LogP contribution >= 0.6 is 0 Å². The van der Waals surface area contributed by atoms with Gasteiger partial charge < -0.3 is 0 Å². The Morgan fingerprint density at radius 2 is 1.08 bits per heavy atom. The summed E-state index contributed by atoms with van der Waals surface area (Å²) in [5.74, 6) is 4.72. The molecule has 0 aromatic heterocycles. The molecule has 12 heavy (non-hydrogen) atoms. The van der Waals surface area contributed by atoms with Crippen molar-refractivity contribution in [2.24, 2.45) is 23.7 Å². The van der Waals surface area contributed by atoms with Crippen molar-refractivity contribution in [3.63, 3.8) is 0 Å². The Morgan fingerprint density at radius 3 is 1.67 bits per heavy atom. The summed E-state index contributed by atoms with van der Waals surface area (Å²) in [5.41, 5.74) is 0. The standard InChI is InChI=1S/C12H20/c1-2-4-9(3-1)10-5-6-11-8-12(11)7-10/h9-12H,1-8H2. The van der Waals surface area contributed by atoms with Crippen LogP contribution in [0.15, 0.2) is 0 Å². The number of hydrogen-bond acceptors (Lipinski definition) is 0. The van der Waals surface area contributed by atoms with Gasteiger partial charge in [0.15, 0.2) is 0 Å². The minimum Gasteiger partial charge on any atom is -0.0530 e. The van der Waals surface area contributed by atoms with Crippen molar-refractivity contribution in [2.45, 2.75) is 51.4 Å². The quantitative estimate of drug-likeness (QED) is 0.555. The van der Waals surface area contributed by atoms with E-state index in [0.717, 1.165) is 11.8 Å². The van der Waals surface area contributed by atoms with E-state index >= 15 is 0 Å². The van der Waals surface area contributed by atoms with Crippen molar-refractivity contribution in [3.05, 3.63) is 0 Å². The molecule has 0 aromatic rings. The summed E-state index contributed by atoms with van der Waals surface area (Å²) in [4.78, 5) is 0. The maximum Gasteiger partial charge on any atom is -0.0380 e. The van der Waals surface area contributed by atoms with Gasteiger partial charge in [-0.3, -0.25) is 0 Å². The second-order valence-electron chi connectivity index (χ2n) is 5.37. The lowest BCUT2D eigenvalue weighted by atomic mass is 9.79. The molecule has 0 spiro atoms. The minimum absolute atomic E-state index is 1.16. The molecule has 0 nitrogen and oxygen atoms in total. The summed E-state index contributed by atoms with van der Waals surface area (Å²) >= 11 is 0. The highest BCUT2D eigenvalue weighted by atomic mass is 14.5. The molecule has 0 N–H and O–H groups in total. The fraction of sp³-hybridized carbons (Fsp3) is 1.00. The first-order valence-corrected chi connectivity index (χ1v) is 5.93. The molecular weight excluding hydrogens is 144 g/mol. The Morgan fingerprint density at radius 1 is 0.500 bits per heavy atom. The van der Waals surface area contributed by atoms with Gasteiger partial charge in [0.1, 0.15) is 0 Å². The van der Waals surface area contributed by atoms with Crippen molar-refractivity contribution in [1.29, 1.82) is 0 Å². The van der Waals surface area contributed by atoms with Gasteiger partial charge in [0.25, 0.3) is 0 Å². The zero-order valence-electron chi connectivity index (χ0n) is 7.97. The molecule has 0 heterocycles. The molecule has 68 valence electrons. The molecule has 0 heteroatoms. The molecule has 0 radical (unpaired) electrons. The molecule has 3 saturated carbocycles. The van der Waals surface area contributed by atoms with E-state index in [1.165, 1.54) is 24.7 Å². The summed E-state index contributed by atoms with van der Waals surface area (Å²) in [6.45, 7) is 0.